The average molecular weight is 342 g/mol. The molecule has 0 fully saturated rings. The van der Waals surface area contributed by atoms with Gasteiger partial charge in [0.15, 0.2) is 17.5 Å². The van der Waals surface area contributed by atoms with Crippen molar-refractivity contribution in [3.05, 3.63) is 75.8 Å². The number of H-pyrrole nitrogens is 1. The molecule has 0 radical (unpaired) electrons. The van der Waals surface area contributed by atoms with Gasteiger partial charge < -0.3 is 5.32 Å². The van der Waals surface area contributed by atoms with Gasteiger partial charge in [-0.05, 0) is 43.5 Å². The van der Waals surface area contributed by atoms with Gasteiger partial charge in [-0.1, -0.05) is 6.07 Å². The highest BCUT2D eigenvalue weighted by molar-refractivity contribution is 5.47. The first-order valence-electron chi connectivity index (χ1n) is 8.10. The van der Waals surface area contributed by atoms with Crippen molar-refractivity contribution in [2.45, 2.75) is 25.3 Å². The number of aryl methyl sites for hydroxylation is 1. The maximum Gasteiger partial charge on any atom is 0.278 e. The van der Waals surface area contributed by atoms with E-state index >= 15 is 0 Å². The highest BCUT2D eigenvalue weighted by Crippen LogP contribution is 2.30. The topological polar surface area (TPSA) is 62.7 Å². The van der Waals surface area contributed by atoms with Crippen molar-refractivity contribution >= 4 is 5.69 Å². The summed E-state index contributed by atoms with van der Waals surface area (Å²) in [5.41, 5.74) is 1.75. The van der Waals surface area contributed by atoms with Gasteiger partial charge in [0, 0.05) is 23.6 Å². The quantitative estimate of drug-likeness (QED) is 0.767. The van der Waals surface area contributed by atoms with E-state index in [0.717, 1.165) is 37.1 Å². The van der Waals surface area contributed by atoms with Gasteiger partial charge in [0.1, 0.15) is 0 Å². The monoisotopic (exact) mass is 342 g/mol. The predicted octanol–water partition coefficient (Wildman–Crippen LogP) is 3.33. The number of pyridine rings is 1. The summed E-state index contributed by atoms with van der Waals surface area (Å²) in [6.07, 6.45) is 4.01. The zero-order chi connectivity index (χ0) is 17.4. The Morgan fingerprint density at radius 1 is 1.20 bits per heavy atom. The molecule has 1 unspecified atom stereocenters. The van der Waals surface area contributed by atoms with Crippen LogP contribution in [0.25, 0.3) is 5.82 Å². The minimum atomic E-state index is -0.916. The Bertz CT molecular complexity index is 965. The van der Waals surface area contributed by atoms with Crippen LogP contribution in [0.2, 0.25) is 0 Å². The lowest BCUT2D eigenvalue weighted by molar-refractivity contribution is 0.508. The van der Waals surface area contributed by atoms with Crippen molar-refractivity contribution in [3.8, 4) is 5.82 Å². The maximum absolute atomic E-state index is 13.4. The first kappa shape index (κ1) is 15.6. The molecule has 25 heavy (non-hydrogen) atoms. The summed E-state index contributed by atoms with van der Waals surface area (Å²) in [4.78, 5) is 17.1. The summed E-state index contributed by atoms with van der Waals surface area (Å²) < 4.78 is 28.0. The van der Waals surface area contributed by atoms with Crippen molar-refractivity contribution in [2.24, 2.45) is 0 Å². The fraction of sp³-hybridized carbons (Fsp3) is 0.222. The zero-order valence-electron chi connectivity index (χ0n) is 13.3. The molecule has 2 heterocycles. The third kappa shape index (κ3) is 2.82. The van der Waals surface area contributed by atoms with Gasteiger partial charge in [0.05, 0.1) is 11.6 Å². The summed E-state index contributed by atoms with van der Waals surface area (Å²) in [5.74, 6) is -1.29. The van der Waals surface area contributed by atoms with Crippen molar-refractivity contribution in [3.63, 3.8) is 0 Å². The number of benzene rings is 1. The van der Waals surface area contributed by atoms with Gasteiger partial charge in [0.2, 0.25) is 0 Å². The number of fused-ring (bicyclic) bond motifs is 1. The van der Waals surface area contributed by atoms with E-state index in [1.54, 1.807) is 18.3 Å². The van der Waals surface area contributed by atoms with Crippen LogP contribution in [0.1, 0.15) is 30.1 Å². The second-order valence-corrected chi connectivity index (χ2v) is 6.05. The molecule has 1 aliphatic carbocycles. The molecule has 5 nitrogen and oxygen atoms in total. The molecule has 2 aromatic heterocycles. The molecule has 4 rings (SSSR count). The number of hydrogen-bond acceptors (Lipinski definition) is 3. The number of aromatic nitrogens is 3. The van der Waals surface area contributed by atoms with E-state index in [2.05, 4.69) is 15.4 Å². The van der Waals surface area contributed by atoms with Crippen LogP contribution >= 0.6 is 0 Å². The van der Waals surface area contributed by atoms with Gasteiger partial charge in [-0.25, -0.2) is 18.4 Å². The van der Waals surface area contributed by atoms with Gasteiger partial charge >= 0.3 is 0 Å². The number of anilines is 1. The molecule has 0 bridgehead atoms. The van der Waals surface area contributed by atoms with Crippen molar-refractivity contribution in [2.75, 3.05) is 5.32 Å². The normalized spacial score (nSPS) is 16.5. The molecule has 0 saturated heterocycles. The summed E-state index contributed by atoms with van der Waals surface area (Å²) in [5, 5.41) is 6.27. The van der Waals surface area contributed by atoms with Gasteiger partial charge in [0.25, 0.3) is 5.56 Å². The van der Waals surface area contributed by atoms with Crippen LogP contribution in [-0.4, -0.2) is 14.8 Å². The summed E-state index contributed by atoms with van der Waals surface area (Å²) >= 11 is 0. The fourth-order valence-electron chi connectivity index (χ4n) is 3.25. The largest absolute Gasteiger partial charge is 0.378 e. The molecule has 7 heteroatoms. The van der Waals surface area contributed by atoms with Crippen molar-refractivity contribution in [1.29, 1.82) is 0 Å². The van der Waals surface area contributed by atoms with E-state index in [9.17, 15) is 13.6 Å². The Morgan fingerprint density at radius 2 is 2.08 bits per heavy atom. The van der Waals surface area contributed by atoms with Crippen LogP contribution in [0.3, 0.4) is 0 Å². The van der Waals surface area contributed by atoms with E-state index < -0.39 is 11.6 Å². The molecule has 1 aliphatic rings. The minimum Gasteiger partial charge on any atom is -0.378 e. The average Bonchev–Trinajstić information content (AvgIpc) is 2.97. The van der Waals surface area contributed by atoms with Crippen molar-refractivity contribution < 1.29 is 8.78 Å². The Kier molecular flexibility index (Phi) is 3.83. The molecule has 0 aliphatic heterocycles. The first-order valence-corrected chi connectivity index (χ1v) is 8.10. The number of halogens is 2. The standard InChI is InChI=1S/C18H16F2N4O/c19-12-8-7-11(10-13(12)20)22-14-4-3-5-15-17(14)18(25)24(23-15)16-6-1-2-9-21-16/h1-2,6-10,14,22-23H,3-5H2. The lowest BCUT2D eigenvalue weighted by atomic mass is 9.92. The number of rotatable bonds is 3. The molecule has 3 aromatic rings. The lowest BCUT2D eigenvalue weighted by Crippen LogP contribution is -2.25. The highest BCUT2D eigenvalue weighted by Gasteiger charge is 2.27. The molecule has 0 amide bonds. The summed E-state index contributed by atoms with van der Waals surface area (Å²) in [6, 6.07) is 8.73. The number of hydrogen-bond donors (Lipinski definition) is 2. The van der Waals surface area contributed by atoms with Crippen LogP contribution in [0, 0.1) is 11.6 Å². The second kappa shape index (κ2) is 6.16. The third-order valence-corrected chi connectivity index (χ3v) is 4.41. The second-order valence-electron chi connectivity index (χ2n) is 6.05. The number of nitrogens with one attached hydrogen (secondary N) is 2. The third-order valence-electron chi connectivity index (χ3n) is 4.41. The highest BCUT2D eigenvalue weighted by atomic mass is 19.2. The SMILES string of the molecule is O=c1c2c([nH]n1-c1ccccn1)CCCC2Nc1ccc(F)c(F)c1. The maximum atomic E-state index is 13.4. The van der Waals surface area contributed by atoms with Crippen LogP contribution in [0.15, 0.2) is 47.4 Å². The molecule has 128 valence electrons. The summed E-state index contributed by atoms with van der Waals surface area (Å²) in [6.45, 7) is 0. The smallest absolute Gasteiger partial charge is 0.278 e. The first-order chi connectivity index (χ1) is 12.1. The van der Waals surface area contributed by atoms with Gasteiger partial charge in [-0.3, -0.25) is 9.89 Å². The Hall–Kier alpha value is -2.96. The number of nitrogens with zero attached hydrogens (tertiary/aromatic N) is 2. The lowest BCUT2D eigenvalue weighted by Gasteiger charge is -2.23. The molecule has 0 saturated carbocycles. The molecule has 1 aromatic carbocycles. The van der Waals surface area contributed by atoms with E-state index in [4.69, 9.17) is 0 Å². The van der Waals surface area contributed by atoms with Gasteiger partial charge in [-0.2, -0.15) is 0 Å². The van der Waals surface area contributed by atoms with E-state index in [0.29, 0.717) is 17.1 Å². The Morgan fingerprint density at radius 3 is 2.84 bits per heavy atom. The van der Waals surface area contributed by atoms with Crippen LogP contribution in [0.5, 0.6) is 0 Å². The van der Waals surface area contributed by atoms with E-state index in [1.165, 1.54) is 10.7 Å². The summed E-state index contributed by atoms with van der Waals surface area (Å²) in [7, 11) is 0. The Balaban J connectivity index is 1.71. The van der Waals surface area contributed by atoms with Crippen LogP contribution in [0.4, 0.5) is 14.5 Å². The molecule has 1 atom stereocenters. The van der Waals surface area contributed by atoms with E-state index in [-0.39, 0.29) is 11.6 Å². The van der Waals surface area contributed by atoms with Crippen molar-refractivity contribution in [1.82, 2.24) is 14.8 Å². The van der Waals surface area contributed by atoms with Gasteiger partial charge in [-0.15, -0.1) is 0 Å². The number of aromatic amines is 1. The zero-order valence-corrected chi connectivity index (χ0v) is 13.3. The molecule has 2 N–H and O–H groups in total. The molecular weight excluding hydrogens is 326 g/mol. The predicted molar refractivity (Wildman–Crippen MR) is 89.8 cm³/mol. The van der Waals surface area contributed by atoms with Crippen LogP contribution in [-0.2, 0) is 6.42 Å². The Labute approximate surface area is 142 Å². The minimum absolute atomic E-state index is 0.173. The van der Waals surface area contributed by atoms with E-state index in [1.807, 2.05) is 6.07 Å². The molecule has 0 spiro atoms. The molecular formula is C18H16F2N4O. The fourth-order valence-corrected chi connectivity index (χ4v) is 3.25. The van der Waals surface area contributed by atoms with Crippen LogP contribution < -0.4 is 10.9 Å².